The summed E-state index contributed by atoms with van der Waals surface area (Å²) in [4.78, 5) is 20.0. The highest BCUT2D eigenvalue weighted by Crippen LogP contribution is 2.24. The summed E-state index contributed by atoms with van der Waals surface area (Å²) in [6.45, 7) is 5.50. The van der Waals surface area contributed by atoms with Gasteiger partial charge in [0.25, 0.3) is 5.56 Å². The molecule has 0 bridgehead atoms. The van der Waals surface area contributed by atoms with E-state index >= 15 is 0 Å². The van der Waals surface area contributed by atoms with E-state index in [0.717, 1.165) is 42.9 Å². The molecular formula is C21H22FN3O. The quantitative estimate of drug-likeness (QED) is 0.717. The van der Waals surface area contributed by atoms with E-state index in [1.165, 1.54) is 12.1 Å². The van der Waals surface area contributed by atoms with Gasteiger partial charge in [-0.05, 0) is 48.4 Å². The molecule has 1 aliphatic rings. The molecule has 0 N–H and O–H groups in total. The van der Waals surface area contributed by atoms with Crippen molar-refractivity contribution in [1.82, 2.24) is 14.5 Å². The third kappa shape index (κ3) is 3.15. The van der Waals surface area contributed by atoms with Gasteiger partial charge in [0.1, 0.15) is 11.6 Å². The van der Waals surface area contributed by atoms with Gasteiger partial charge in [0.15, 0.2) is 0 Å². The van der Waals surface area contributed by atoms with Crippen LogP contribution < -0.4 is 5.56 Å². The predicted octanol–water partition coefficient (Wildman–Crippen LogP) is 3.82. The fourth-order valence-corrected chi connectivity index (χ4v) is 3.56. The third-order valence-corrected chi connectivity index (χ3v) is 5.03. The molecule has 0 fully saturated rings. The monoisotopic (exact) mass is 351 g/mol. The van der Waals surface area contributed by atoms with Crippen LogP contribution in [0.4, 0.5) is 4.39 Å². The summed E-state index contributed by atoms with van der Waals surface area (Å²) in [5, 5.41) is 0.621. The maximum atomic E-state index is 13.5. The number of unbranched alkanes of at least 4 members (excludes halogenated alkanes) is 1. The summed E-state index contributed by atoms with van der Waals surface area (Å²) in [7, 11) is 0. The number of hydrogen-bond acceptors (Lipinski definition) is 3. The summed E-state index contributed by atoms with van der Waals surface area (Å²) in [5.74, 6) is 0.550. The lowest BCUT2D eigenvalue weighted by atomic mass is 10.0. The second kappa shape index (κ2) is 7.00. The zero-order valence-electron chi connectivity index (χ0n) is 14.9. The van der Waals surface area contributed by atoms with Crippen LogP contribution in [-0.4, -0.2) is 27.5 Å². The highest BCUT2D eigenvalue weighted by atomic mass is 19.1. The van der Waals surface area contributed by atoms with Gasteiger partial charge in [0.05, 0.1) is 17.4 Å². The molecule has 1 aromatic heterocycles. The van der Waals surface area contributed by atoms with Gasteiger partial charge in [-0.25, -0.2) is 9.37 Å². The van der Waals surface area contributed by atoms with Crippen molar-refractivity contribution in [2.45, 2.75) is 32.9 Å². The van der Waals surface area contributed by atoms with Crippen molar-refractivity contribution >= 4 is 10.9 Å². The molecule has 4 nitrogen and oxygen atoms in total. The van der Waals surface area contributed by atoms with Crippen molar-refractivity contribution in [1.29, 1.82) is 0 Å². The van der Waals surface area contributed by atoms with E-state index in [9.17, 15) is 9.18 Å². The van der Waals surface area contributed by atoms with Crippen LogP contribution >= 0.6 is 0 Å². The van der Waals surface area contributed by atoms with Crippen LogP contribution in [0.3, 0.4) is 0 Å². The molecule has 0 saturated carbocycles. The maximum Gasteiger partial charge on any atom is 0.261 e. The summed E-state index contributed by atoms with van der Waals surface area (Å²) in [5.41, 5.74) is 2.36. The summed E-state index contributed by atoms with van der Waals surface area (Å²) >= 11 is 0. The standard InChI is InChI=1S/C21H22FN3O/c1-2-3-9-24-10-11-25-20(14-24)23-19-13-16(7-8-18(19)21(25)26)15-5-4-6-17(22)12-15/h4-8,12-13H,2-3,9-11,14H2,1H3. The Kier molecular flexibility index (Phi) is 4.55. The first-order valence-corrected chi connectivity index (χ1v) is 9.17. The topological polar surface area (TPSA) is 38.1 Å². The second-order valence-electron chi connectivity index (χ2n) is 6.86. The molecule has 0 amide bonds. The van der Waals surface area contributed by atoms with Gasteiger partial charge in [-0.3, -0.25) is 14.3 Å². The Morgan fingerprint density at radius 3 is 2.77 bits per heavy atom. The third-order valence-electron chi connectivity index (χ3n) is 5.03. The first-order chi connectivity index (χ1) is 12.7. The normalized spacial score (nSPS) is 14.5. The number of hydrogen-bond donors (Lipinski definition) is 0. The molecule has 0 aliphatic carbocycles. The first kappa shape index (κ1) is 16.9. The molecule has 0 unspecified atom stereocenters. The smallest absolute Gasteiger partial charge is 0.261 e. The van der Waals surface area contributed by atoms with Gasteiger partial charge in [0, 0.05) is 13.1 Å². The number of rotatable bonds is 4. The van der Waals surface area contributed by atoms with Gasteiger partial charge < -0.3 is 0 Å². The van der Waals surface area contributed by atoms with Crippen LogP contribution in [-0.2, 0) is 13.1 Å². The van der Waals surface area contributed by atoms with Crippen molar-refractivity contribution < 1.29 is 4.39 Å². The molecule has 3 aromatic rings. The minimum absolute atomic E-state index is 0.0194. The van der Waals surface area contributed by atoms with E-state index in [-0.39, 0.29) is 11.4 Å². The fourth-order valence-electron chi connectivity index (χ4n) is 3.56. The molecule has 2 heterocycles. The average Bonchev–Trinajstić information content (AvgIpc) is 2.66. The Labute approximate surface area is 151 Å². The molecule has 5 heteroatoms. The first-order valence-electron chi connectivity index (χ1n) is 9.17. The van der Waals surface area contributed by atoms with Crippen molar-refractivity contribution in [2.24, 2.45) is 0 Å². The van der Waals surface area contributed by atoms with Gasteiger partial charge in [0.2, 0.25) is 0 Å². The van der Waals surface area contributed by atoms with Crippen LogP contribution in [0.15, 0.2) is 47.3 Å². The van der Waals surface area contributed by atoms with Crippen molar-refractivity contribution in [3.05, 3.63) is 64.5 Å². The van der Waals surface area contributed by atoms with Gasteiger partial charge >= 0.3 is 0 Å². The lowest BCUT2D eigenvalue weighted by Gasteiger charge is -2.29. The van der Waals surface area contributed by atoms with Crippen molar-refractivity contribution in [3.8, 4) is 11.1 Å². The van der Waals surface area contributed by atoms with E-state index in [2.05, 4.69) is 11.8 Å². The van der Waals surface area contributed by atoms with Gasteiger partial charge in [-0.2, -0.15) is 0 Å². The fraction of sp³-hybridized carbons (Fsp3) is 0.333. The van der Waals surface area contributed by atoms with Crippen molar-refractivity contribution in [2.75, 3.05) is 13.1 Å². The number of benzene rings is 2. The Morgan fingerprint density at radius 1 is 1.12 bits per heavy atom. The van der Waals surface area contributed by atoms with Crippen molar-refractivity contribution in [3.63, 3.8) is 0 Å². The lowest BCUT2D eigenvalue weighted by molar-refractivity contribution is 0.210. The summed E-state index contributed by atoms with van der Waals surface area (Å²) in [6, 6.07) is 12.0. The lowest BCUT2D eigenvalue weighted by Crippen LogP contribution is -2.40. The van der Waals surface area contributed by atoms with E-state index in [1.54, 1.807) is 10.6 Å². The molecular weight excluding hydrogens is 329 g/mol. The van der Waals surface area contributed by atoms with Crippen LogP contribution in [0.25, 0.3) is 22.0 Å². The molecule has 0 atom stereocenters. The molecule has 0 spiro atoms. The van der Waals surface area contributed by atoms with Gasteiger partial charge in [-0.15, -0.1) is 0 Å². The Hall–Kier alpha value is -2.53. The van der Waals surface area contributed by atoms with Crippen LogP contribution in [0.1, 0.15) is 25.6 Å². The Morgan fingerprint density at radius 2 is 1.96 bits per heavy atom. The molecule has 2 aromatic carbocycles. The average molecular weight is 351 g/mol. The highest BCUT2D eigenvalue weighted by Gasteiger charge is 2.19. The van der Waals surface area contributed by atoms with E-state index in [1.807, 2.05) is 24.3 Å². The SMILES string of the molecule is CCCCN1CCn2c(nc3cc(-c4cccc(F)c4)ccc3c2=O)C1. The number of fused-ring (bicyclic) bond motifs is 2. The zero-order valence-corrected chi connectivity index (χ0v) is 14.9. The molecule has 4 rings (SSSR count). The molecule has 0 radical (unpaired) electrons. The van der Waals surface area contributed by atoms with E-state index in [0.29, 0.717) is 24.0 Å². The highest BCUT2D eigenvalue weighted by molar-refractivity contribution is 5.83. The number of nitrogens with zero attached hydrogens (tertiary/aromatic N) is 3. The molecule has 26 heavy (non-hydrogen) atoms. The second-order valence-corrected chi connectivity index (χ2v) is 6.86. The van der Waals surface area contributed by atoms with E-state index in [4.69, 9.17) is 4.98 Å². The maximum absolute atomic E-state index is 13.5. The number of aromatic nitrogens is 2. The zero-order chi connectivity index (χ0) is 18.1. The number of halogens is 1. The molecule has 134 valence electrons. The summed E-state index contributed by atoms with van der Waals surface area (Å²) in [6.07, 6.45) is 2.31. The summed E-state index contributed by atoms with van der Waals surface area (Å²) < 4.78 is 15.3. The molecule has 1 aliphatic heterocycles. The van der Waals surface area contributed by atoms with Crippen LogP contribution in [0.2, 0.25) is 0 Å². The minimum Gasteiger partial charge on any atom is -0.294 e. The largest absolute Gasteiger partial charge is 0.294 e. The van der Waals surface area contributed by atoms with E-state index < -0.39 is 0 Å². The Balaban J connectivity index is 1.76. The molecule has 0 saturated heterocycles. The predicted molar refractivity (Wildman–Crippen MR) is 102 cm³/mol. The van der Waals surface area contributed by atoms with Gasteiger partial charge in [-0.1, -0.05) is 31.5 Å². The Bertz CT molecular complexity index is 1010. The van der Waals surface area contributed by atoms with Crippen LogP contribution in [0.5, 0.6) is 0 Å². The van der Waals surface area contributed by atoms with Crippen LogP contribution in [0, 0.1) is 5.82 Å². The minimum atomic E-state index is -0.271.